The number of fused-ring (bicyclic) bond motifs is 1. The molecule has 1 heterocycles. The standard InChI is InChI=1S/C11H14N2O3/c1-11(15,13-10(12)14)9-6-7-4-2-3-5-8(7)16-9/h2-5,9,15H,6H2,1H3,(H3,12,13,14). The Balaban J connectivity index is 2.13. The second kappa shape index (κ2) is 3.68. The highest BCUT2D eigenvalue weighted by Crippen LogP contribution is 2.31. The summed E-state index contributed by atoms with van der Waals surface area (Å²) in [4.78, 5) is 10.7. The number of carbonyl (C=O) groups is 1. The van der Waals surface area contributed by atoms with Crippen molar-refractivity contribution in [3.8, 4) is 5.75 Å². The van der Waals surface area contributed by atoms with Gasteiger partial charge in [0.15, 0.2) is 5.72 Å². The number of para-hydroxylation sites is 1. The minimum absolute atomic E-state index is 0.516. The number of hydrogen-bond donors (Lipinski definition) is 3. The molecule has 0 spiro atoms. The van der Waals surface area contributed by atoms with Crippen molar-refractivity contribution in [2.75, 3.05) is 0 Å². The SMILES string of the molecule is CC(O)(NC(N)=O)C1Cc2ccccc2O1. The molecule has 5 heteroatoms. The lowest BCUT2D eigenvalue weighted by Crippen LogP contribution is -2.57. The summed E-state index contributed by atoms with van der Waals surface area (Å²) in [6.07, 6.45) is 0.0288. The summed E-state index contributed by atoms with van der Waals surface area (Å²) in [5, 5.41) is 12.3. The smallest absolute Gasteiger partial charge is 0.314 e. The van der Waals surface area contributed by atoms with Crippen LogP contribution in [0.25, 0.3) is 0 Å². The molecule has 2 atom stereocenters. The number of hydrogen-bond acceptors (Lipinski definition) is 3. The summed E-state index contributed by atoms with van der Waals surface area (Å²) in [7, 11) is 0. The van der Waals surface area contributed by atoms with Crippen molar-refractivity contribution in [1.82, 2.24) is 5.32 Å². The van der Waals surface area contributed by atoms with Crippen LogP contribution < -0.4 is 15.8 Å². The van der Waals surface area contributed by atoms with E-state index in [-0.39, 0.29) is 0 Å². The van der Waals surface area contributed by atoms with Crippen molar-refractivity contribution < 1.29 is 14.6 Å². The summed E-state index contributed by atoms with van der Waals surface area (Å²) in [6, 6.07) is 6.74. The lowest BCUT2D eigenvalue weighted by Gasteiger charge is -2.29. The van der Waals surface area contributed by atoms with E-state index < -0.39 is 17.9 Å². The van der Waals surface area contributed by atoms with Crippen molar-refractivity contribution in [3.05, 3.63) is 29.8 Å². The van der Waals surface area contributed by atoms with Gasteiger partial charge in [-0.3, -0.25) is 0 Å². The van der Waals surface area contributed by atoms with Crippen molar-refractivity contribution in [2.24, 2.45) is 5.73 Å². The molecule has 2 rings (SSSR count). The molecule has 86 valence electrons. The highest BCUT2D eigenvalue weighted by molar-refractivity contribution is 5.72. The second-order valence-corrected chi connectivity index (χ2v) is 4.06. The summed E-state index contributed by atoms with van der Waals surface area (Å²) < 4.78 is 5.55. The molecule has 0 aliphatic carbocycles. The van der Waals surface area contributed by atoms with Gasteiger partial charge >= 0.3 is 6.03 Å². The van der Waals surface area contributed by atoms with Gasteiger partial charge in [-0.2, -0.15) is 0 Å². The van der Waals surface area contributed by atoms with Gasteiger partial charge < -0.3 is 20.9 Å². The quantitative estimate of drug-likeness (QED) is 0.632. The topological polar surface area (TPSA) is 84.6 Å². The largest absolute Gasteiger partial charge is 0.485 e. The summed E-state index contributed by atoms with van der Waals surface area (Å²) in [6.45, 7) is 1.47. The van der Waals surface area contributed by atoms with E-state index in [2.05, 4.69) is 5.32 Å². The molecular formula is C11H14N2O3. The normalized spacial score (nSPS) is 21.8. The highest BCUT2D eigenvalue weighted by atomic mass is 16.5. The van der Waals surface area contributed by atoms with E-state index in [1.54, 1.807) is 0 Å². The minimum atomic E-state index is -1.47. The number of primary amides is 1. The Bertz CT molecular complexity index is 392. The van der Waals surface area contributed by atoms with Gasteiger partial charge in [0.2, 0.25) is 0 Å². The number of rotatable bonds is 2. The number of nitrogens with one attached hydrogen (secondary N) is 1. The molecule has 1 aliphatic rings. The number of aliphatic hydroxyl groups is 1. The Kier molecular flexibility index (Phi) is 2.47. The molecule has 0 aromatic heterocycles. The average Bonchev–Trinajstić information content (AvgIpc) is 2.59. The molecule has 1 aromatic rings. The highest BCUT2D eigenvalue weighted by Gasteiger charge is 2.39. The van der Waals surface area contributed by atoms with E-state index in [0.29, 0.717) is 6.42 Å². The average molecular weight is 222 g/mol. The summed E-state index contributed by atoms with van der Waals surface area (Å²) in [5.41, 5.74) is 4.53. The monoisotopic (exact) mass is 222 g/mol. The molecule has 0 fully saturated rings. The first-order valence-electron chi connectivity index (χ1n) is 5.03. The van der Waals surface area contributed by atoms with Gasteiger partial charge in [0.05, 0.1) is 0 Å². The third-order valence-electron chi connectivity index (χ3n) is 2.65. The van der Waals surface area contributed by atoms with Gasteiger partial charge in [0, 0.05) is 6.42 Å². The summed E-state index contributed by atoms with van der Waals surface area (Å²) in [5.74, 6) is 0.735. The fourth-order valence-corrected chi connectivity index (χ4v) is 1.83. The van der Waals surface area contributed by atoms with E-state index in [1.807, 2.05) is 24.3 Å². The van der Waals surface area contributed by atoms with E-state index in [1.165, 1.54) is 6.92 Å². The van der Waals surface area contributed by atoms with E-state index in [4.69, 9.17) is 10.5 Å². The maximum absolute atomic E-state index is 10.7. The van der Waals surface area contributed by atoms with Crippen LogP contribution in [-0.4, -0.2) is 23.0 Å². The van der Waals surface area contributed by atoms with E-state index in [9.17, 15) is 9.90 Å². The predicted octanol–water partition coefficient (Wildman–Crippen LogP) is 0.367. The van der Waals surface area contributed by atoms with E-state index >= 15 is 0 Å². The van der Waals surface area contributed by atoms with Gasteiger partial charge in [-0.1, -0.05) is 18.2 Å². The molecule has 4 N–H and O–H groups in total. The van der Waals surface area contributed by atoms with Crippen LogP contribution in [-0.2, 0) is 6.42 Å². The van der Waals surface area contributed by atoms with Crippen LogP contribution in [0.1, 0.15) is 12.5 Å². The molecule has 1 aliphatic heterocycles. The summed E-state index contributed by atoms with van der Waals surface area (Å²) >= 11 is 0. The fraction of sp³-hybridized carbons (Fsp3) is 0.364. The third-order valence-corrected chi connectivity index (χ3v) is 2.65. The first kappa shape index (κ1) is 10.8. The molecule has 5 nitrogen and oxygen atoms in total. The molecule has 0 saturated heterocycles. The molecular weight excluding hydrogens is 208 g/mol. The Hall–Kier alpha value is -1.75. The number of nitrogens with two attached hydrogens (primary N) is 1. The Labute approximate surface area is 93.2 Å². The van der Waals surface area contributed by atoms with Crippen molar-refractivity contribution in [3.63, 3.8) is 0 Å². The maximum Gasteiger partial charge on any atom is 0.314 e. The van der Waals surface area contributed by atoms with Gasteiger partial charge in [0.25, 0.3) is 0 Å². The molecule has 0 radical (unpaired) electrons. The number of ether oxygens (including phenoxy) is 1. The second-order valence-electron chi connectivity index (χ2n) is 4.06. The fourth-order valence-electron chi connectivity index (χ4n) is 1.83. The number of urea groups is 1. The number of benzene rings is 1. The molecule has 16 heavy (non-hydrogen) atoms. The minimum Gasteiger partial charge on any atom is -0.485 e. The van der Waals surface area contributed by atoms with E-state index in [0.717, 1.165) is 11.3 Å². The van der Waals surface area contributed by atoms with Gasteiger partial charge in [-0.05, 0) is 18.6 Å². The van der Waals surface area contributed by atoms with Gasteiger partial charge in [-0.15, -0.1) is 0 Å². The molecule has 0 saturated carbocycles. The first-order chi connectivity index (χ1) is 7.49. The van der Waals surface area contributed by atoms with Crippen LogP contribution in [0.4, 0.5) is 4.79 Å². The Morgan fingerprint density at radius 1 is 1.62 bits per heavy atom. The van der Waals surface area contributed by atoms with Gasteiger partial charge in [-0.25, -0.2) is 4.79 Å². The van der Waals surface area contributed by atoms with Crippen LogP contribution in [0.3, 0.4) is 0 Å². The molecule has 0 bridgehead atoms. The zero-order chi connectivity index (χ0) is 11.8. The lowest BCUT2D eigenvalue weighted by atomic mass is 10.0. The lowest BCUT2D eigenvalue weighted by molar-refractivity contribution is -0.0536. The van der Waals surface area contributed by atoms with Crippen LogP contribution in [0.5, 0.6) is 5.75 Å². The van der Waals surface area contributed by atoms with Crippen molar-refractivity contribution in [2.45, 2.75) is 25.2 Å². The van der Waals surface area contributed by atoms with Crippen molar-refractivity contribution >= 4 is 6.03 Å². The van der Waals surface area contributed by atoms with Crippen LogP contribution >= 0.6 is 0 Å². The number of amides is 2. The Morgan fingerprint density at radius 3 is 2.94 bits per heavy atom. The third kappa shape index (κ3) is 1.94. The zero-order valence-corrected chi connectivity index (χ0v) is 8.93. The van der Waals surface area contributed by atoms with Crippen LogP contribution in [0.15, 0.2) is 24.3 Å². The van der Waals surface area contributed by atoms with Crippen molar-refractivity contribution in [1.29, 1.82) is 0 Å². The maximum atomic E-state index is 10.7. The zero-order valence-electron chi connectivity index (χ0n) is 8.93. The molecule has 2 unspecified atom stereocenters. The van der Waals surface area contributed by atoms with Crippen LogP contribution in [0, 0.1) is 0 Å². The first-order valence-corrected chi connectivity index (χ1v) is 5.03. The molecule has 2 amide bonds. The Morgan fingerprint density at radius 2 is 2.31 bits per heavy atom. The van der Waals surface area contributed by atoms with Crippen LogP contribution in [0.2, 0.25) is 0 Å². The molecule has 1 aromatic carbocycles. The predicted molar refractivity (Wildman–Crippen MR) is 57.9 cm³/mol. The number of carbonyl (C=O) groups excluding carboxylic acids is 1. The van der Waals surface area contributed by atoms with Gasteiger partial charge in [0.1, 0.15) is 11.9 Å².